The summed E-state index contributed by atoms with van der Waals surface area (Å²) in [6.07, 6.45) is -1.44. The van der Waals surface area contributed by atoms with Crippen LogP contribution >= 0.6 is 0 Å². The van der Waals surface area contributed by atoms with Crippen molar-refractivity contribution in [3.63, 3.8) is 0 Å². The van der Waals surface area contributed by atoms with E-state index in [9.17, 15) is 9.90 Å². The predicted molar refractivity (Wildman–Crippen MR) is 38.5 cm³/mol. The van der Waals surface area contributed by atoms with E-state index in [4.69, 9.17) is 5.11 Å². The van der Waals surface area contributed by atoms with E-state index in [2.05, 4.69) is 9.68 Å². The van der Waals surface area contributed by atoms with Crippen molar-refractivity contribution in [1.82, 2.24) is 5.16 Å². The van der Waals surface area contributed by atoms with Crippen LogP contribution in [0.1, 0.15) is 24.0 Å². The lowest BCUT2D eigenvalue weighted by molar-refractivity contribution is -0.139. The summed E-state index contributed by atoms with van der Waals surface area (Å²) in [5, 5.41) is 21.0. The molecule has 0 amide bonds. The molecule has 0 aliphatic heterocycles. The molecule has 1 rings (SSSR count). The third kappa shape index (κ3) is 2.06. The fourth-order valence-electron chi connectivity index (χ4n) is 0.813. The lowest BCUT2D eigenvalue weighted by atomic mass is 10.2. The minimum Gasteiger partial charge on any atom is -0.481 e. The number of carbonyl (C=O) groups is 1. The van der Waals surface area contributed by atoms with E-state index < -0.39 is 12.1 Å². The first-order chi connectivity index (χ1) is 5.59. The van der Waals surface area contributed by atoms with Crippen molar-refractivity contribution in [3.05, 3.63) is 17.5 Å². The van der Waals surface area contributed by atoms with Crippen LogP contribution in [0.3, 0.4) is 0 Å². The summed E-state index contributed by atoms with van der Waals surface area (Å²) in [5.74, 6) is -0.516. The van der Waals surface area contributed by atoms with E-state index in [-0.39, 0.29) is 12.1 Å². The molecule has 0 aliphatic carbocycles. The van der Waals surface area contributed by atoms with Gasteiger partial charge in [0.25, 0.3) is 0 Å². The molecule has 0 saturated carbocycles. The van der Waals surface area contributed by atoms with Crippen molar-refractivity contribution < 1.29 is 19.5 Å². The van der Waals surface area contributed by atoms with Gasteiger partial charge >= 0.3 is 5.97 Å². The number of nitrogens with zero attached hydrogens (tertiary/aromatic N) is 1. The molecule has 66 valence electrons. The highest BCUT2D eigenvalue weighted by Gasteiger charge is 2.15. The number of hydrogen-bond acceptors (Lipinski definition) is 4. The standard InChI is InChI=1S/C7H9NO4/c1-4-2-5(8-12-4)6(9)3-7(10)11/h2,6,9H,3H2,1H3,(H,10,11)/t6-/m0/s1. The lowest BCUT2D eigenvalue weighted by Gasteiger charge is -2.00. The highest BCUT2D eigenvalue weighted by molar-refractivity contribution is 5.67. The first-order valence-corrected chi connectivity index (χ1v) is 3.42. The summed E-state index contributed by atoms with van der Waals surface area (Å²) < 4.78 is 4.66. The van der Waals surface area contributed by atoms with Crippen LogP contribution in [0.15, 0.2) is 10.6 Å². The van der Waals surface area contributed by atoms with E-state index in [1.54, 1.807) is 6.92 Å². The molecule has 0 aliphatic rings. The zero-order valence-electron chi connectivity index (χ0n) is 6.52. The predicted octanol–water partition coefficient (Wildman–Crippen LogP) is 0.491. The van der Waals surface area contributed by atoms with Gasteiger partial charge in [0, 0.05) is 6.07 Å². The largest absolute Gasteiger partial charge is 0.481 e. The van der Waals surface area contributed by atoms with Crippen LogP contribution in [-0.4, -0.2) is 21.3 Å². The number of carboxylic acids is 1. The minimum absolute atomic E-state index is 0.259. The Bertz CT molecular complexity index is 281. The van der Waals surface area contributed by atoms with E-state index in [0.717, 1.165) is 0 Å². The second-order valence-corrected chi connectivity index (χ2v) is 2.48. The Labute approximate surface area is 68.6 Å². The van der Waals surface area contributed by atoms with Gasteiger partial charge in [-0.15, -0.1) is 0 Å². The normalized spacial score (nSPS) is 12.8. The van der Waals surface area contributed by atoms with E-state index >= 15 is 0 Å². The number of aromatic nitrogens is 1. The van der Waals surface area contributed by atoms with Crippen molar-refractivity contribution >= 4 is 5.97 Å². The van der Waals surface area contributed by atoms with E-state index in [1.165, 1.54) is 6.07 Å². The van der Waals surface area contributed by atoms with Gasteiger partial charge in [-0.25, -0.2) is 0 Å². The zero-order chi connectivity index (χ0) is 9.14. The second kappa shape index (κ2) is 3.36. The first kappa shape index (κ1) is 8.73. The van der Waals surface area contributed by atoms with E-state index in [0.29, 0.717) is 5.76 Å². The molecule has 0 bridgehead atoms. The molecule has 5 nitrogen and oxygen atoms in total. The van der Waals surface area contributed by atoms with E-state index in [1.807, 2.05) is 0 Å². The van der Waals surface area contributed by atoms with Gasteiger partial charge in [-0.05, 0) is 6.92 Å². The van der Waals surface area contributed by atoms with Gasteiger partial charge in [0.15, 0.2) is 0 Å². The molecule has 12 heavy (non-hydrogen) atoms. The van der Waals surface area contributed by atoms with Crippen LogP contribution in [0, 0.1) is 6.92 Å². The highest BCUT2D eigenvalue weighted by Crippen LogP contribution is 2.15. The summed E-state index contributed by atoms with van der Waals surface area (Å²) in [7, 11) is 0. The number of aliphatic hydroxyl groups excluding tert-OH is 1. The minimum atomic E-state index is -1.08. The fraction of sp³-hybridized carbons (Fsp3) is 0.429. The molecule has 0 spiro atoms. The average Bonchev–Trinajstić information content (AvgIpc) is 2.34. The lowest BCUT2D eigenvalue weighted by Crippen LogP contribution is -2.05. The average molecular weight is 171 g/mol. The number of carboxylic acid groups (broad SMARTS) is 1. The molecule has 0 aromatic carbocycles. The van der Waals surface area contributed by atoms with Gasteiger partial charge in [0.1, 0.15) is 17.6 Å². The number of hydrogen-bond donors (Lipinski definition) is 2. The highest BCUT2D eigenvalue weighted by atomic mass is 16.5. The summed E-state index contributed by atoms with van der Waals surface area (Å²) in [4.78, 5) is 10.2. The number of aliphatic carboxylic acids is 1. The Hall–Kier alpha value is -1.36. The van der Waals surface area contributed by atoms with Crippen molar-refractivity contribution in [2.45, 2.75) is 19.4 Å². The zero-order valence-corrected chi connectivity index (χ0v) is 6.52. The fourth-order valence-corrected chi connectivity index (χ4v) is 0.813. The van der Waals surface area contributed by atoms with Crippen LogP contribution in [0.2, 0.25) is 0 Å². The summed E-state index contributed by atoms with van der Waals surface area (Å²) in [5.41, 5.74) is 0.259. The van der Waals surface area contributed by atoms with Gasteiger partial charge in [-0.2, -0.15) is 0 Å². The molecule has 1 heterocycles. The molecule has 0 unspecified atom stereocenters. The third-order valence-corrected chi connectivity index (χ3v) is 1.36. The quantitative estimate of drug-likeness (QED) is 0.691. The van der Waals surface area contributed by atoms with Crippen molar-refractivity contribution in [3.8, 4) is 0 Å². The molecule has 1 aromatic heterocycles. The molecule has 2 N–H and O–H groups in total. The topological polar surface area (TPSA) is 83.6 Å². The molecular formula is C7H9NO4. The monoisotopic (exact) mass is 171 g/mol. The van der Waals surface area contributed by atoms with Crippen molar-refractivity contribution in [2.75, 3.05) is 0 Å². The number of aryl methyl sites for hydroxylation is 1. The molecule has 5 heteroatoms. The number of aliphatic hydroxyl groups is 1. The Balaban J connectivity index is 2.64. The van der Waals surface area contributed by atoms with Gasteiger partial charge in [-0.3, -0.25) is 4.79 Å². The Morgan fingerprint density at radius 3 is 2.92 bits per heavy atom. The third-order valence-electron chi connectivity index (χ3n) is 1.36. The Morgan fingerprint density at radius 1 is 1.83 bits per heavy atom. The van der Waals surface area contributed by atoms with Gasteiger partial charge < -0.3 is 14.7 Å². The summed E-state index contributed by atoms with van der Waals surface area (Å²) >= 11 is 0. The maximum absolute atomic E-state index is 10.2. The van der Waals surface area contributed by atoms with Crippen LogP contribution in [0.4, 0.5) is 0 Å². The van der Waals surface area contributed by atoms with Gasteiger partial charge in [-0.1, -0.05) is 5.16 Å². The Morgan fingerprint density at radius 2 is 2.50 bits per heavy atom. The molecule has 0 radical (unpaired) electrons. The summed E-state index contributed by atoms with van der Waals surface area (Å²) in [6.45, 7) is 1.67. The maximum atomic E-state index is 10.2. The van der Waals surface area contributed by atoms with Crippen LogP contribution in [-0.2, 0) is 4.79 Å². The van der Waals surface area contributed by atoms with Gasteiger partial charge in [0.05, 0.1) is 6.42 Å². The molecule has 0 fully saturated rings. The van der Waals surface area contributed by atoms with Crippen LogP contribution in [0.5, 0.6) is 0 Å². The smallest absolute Gasteiger partial charge is 0.306 e. The molecule has 0 saturated heterocycles. The van der Waals surface area contributed by atoms with Crippen LogP contribution < -0.4 is 0 Å². The van der Waals surface area contributed by atoms with Crippen molar-refractivity contribution in [2.24, 2.45) is 0 Å². The van der Waals surface area contributed by atoms with Crippen LogP contribution in [0.25, 0.3) is 0 Å². The second-order valence-electron chi connectivity index (χ2n) is 2.48. The number of rotatable bonds is 3. The maximum Gasteiger partial charge on any atom is 0.306 e. The summed E-state index contributed by atoms with van der Waals surface area (Å²) in [6, 6.07) is 1.51. The first-order valence-electron chi connectivity index (χ1n) is 3.42. The SMILES string of the molecule is Cc1cc([C@@H](O)CC(=O)O)no1. The molecule has 1 atom stereocenters. The Kier molecular flexibility index (Phi) is 2.44. The van der Waals surface area contributed by atoms with Gasteiger partial charge in [0.2, 0.25) is 0 Å². The van der Waals surface area contributed by atoms with Crippen molar-refractivity contribution in [1.29, 1.82) is 0 Å². The molecule has 1 aromatic rings. The molecular weight excluding hydrogens is 162 g/mol.